The first-order valence-corrected chi connectivity index (χ1v) is 10.2. The van der Waals surface area contributed by atoms with Crippen LogP contribution in [-0.2, 0) is 36.9 Å². The summed E-state index contributed by atoms with van der Waals surface area (Å²) in [5.74, 6) is -2.33. The quantitative estimate of drug-likeness (QED) is 0.535. The fraction of sp³-hybridized carbons (Fsp3) is 0.304. The molecule has 2 unspecified atom stereocenters. The zero-order valence-electron chi connectivity index (χ0n) is 17.4. The highest BCUT2D eigenvalue weighted by molar-refractivity contribution is 5.99. The SMILES string of the molecule is CC(=O)N1CC2[C@H](NC(=O)Cc3ccc(F)cc3)C(=O)N2C1C(=O)OCc1ccccc1. The number of nitrogens with zero attached hydrogens (tertiary/aromatic N) is 2. The van der Waals surface area contributed by atoms with Crippen molar-refractivity contribution < 1.29 is 28.3 Å². The number of ether oxygens (including phenoxy) is 1. The van der Waals surface area contributed by atoms with Crippen molar-refractivity contribution in [2.24, 2.45) is 0 Å². The smallest absolute Gasteiger partial charge is 0.350 e. The minimum Gasteiger partial charge on any atom is -0.458 e. The summed E-state index contributed by atoms with van der Waals surface area (Å²) in [4.78, 5) is 52.6. The highest BCUT2D eigenvalue weighted by Gasteiger charge is 2.60. The second-order valence-electron chi connectivity index (χ2n) is 7.80. The average molecular weight is 439 g/mol. The molecule has 32 heavy (non-hydrogen) atoms. The number of amides is 3. The van der Waals surface area contributed by atoms with Crippen molar-refractivity contribution >= 4 is 23.7 Å². The Morgan fingerprint density at radius 2 is 1.75 bits per heavy atom. The number of esters is 1. The number of rotatable bonds is 6. The summed E-state index contributed by atoms with van der Waals surface area (Å²) in [5, 5.41) is 2.66. The summed E-state index contributed by atoms with van der Waals surface area (Å²) in [6.45, 7) is 1.45. The van der Waals surface area contributed by atoms with Crippen molar-refractivity contribution in [1.29, 1.82) is 0 Å². The number of fused-ring (bicyclic) bond motifs is 1. The van der Waals surface area contributed by atoms with Gasteiger partial charge < -0.3 is 19.9 Å². The average Bonchev–Trinajstić information content (AvgIpc) is 3.15. The Morgan fingerprint density at radius 3 is 2.41 bits per heavy atom. The molecule has 8 nitrogen and oxygen atoms in total. The molecule has 2 aliphatic heterocycles. The maximum Gasteiger partial charge on any atom is 0.350 e. The first kappa shape index (κ1) is 21.5. The summed E-state index contributed by atoms with van der Waals surface area (Å²) < 4.78 is 18.4. The number of hydrogen-bond acceptors (Lipinski definition) is 5. The van der Waals surface area contributed by atoms with Crippen LogP contribution >= 0.6 is 0 Å². The van der Waals surface area contributed by atoms with E-state index in [1.807, 2.05) is 18.2 Å². The van der Waals surface area contributed by atoms with Crippen LogP contribution < -0.4 is 5.32 Å². The zero-order chi connectivity index (χ0) is 22.8. The predicted molar refractivity (Wildman–Crippen MR) is 110 cm³/mol. The van der Waals surface area contributed by atoms with Gasteiger partial charge in [0.05, 0.1) is 12.5 Å². The molecule has 1 N–H and O–H groups in total. The standard InChI is InChI=1S/C23H22FN3O5/c1-14(28)26-12-18-20(25-19(29)11-15-7-9-17(24)10-8-15)22(30)27(18)21(26)23(31)32-13-16-5-3-2-4-6-16/h2-10,18,20-21H,11-13H2,1H3,(H,25,29)/t18?,20-,21?/m0/s1. The van der Waals surface area contributed by atoms with Crippen molar-refractivity contribution in [3.63, 3.8) is 0 Å². The minimum absolute atomic E-state index is 0.0181. The summed E-state index contributed by atoms with van der Waals surface area (Å²) in [6.07, 6.45) is -1.17. The van der Waals surface area contributed by atoms with Crippen molar-refractivity contribution in [2.45, 2.75) is 38.2 Å². The van der Waals surface area contributed by atoms with Gasteiger partial charge in [-0.05, 0) is 23.3 Å². The normalized spacial score (nSPS) is 21.6. The summed E-state index contributed by atoms with van der Waals surface area (Å²) >= 11 is 0. The fourth-order valence-electron chi connectivity index (χ4n) is 4.03. The third-order valence-corrected chi connectivity index (χ3v) is 5.64. The molecule has 3 amide bonds. The third-order valence-electron chi connectivity index (χ3n) is 5.64. The summed E-state index contributed by atoms with van der Waals surface area (Å²) in [5.41, 5.74) is 1.39. The molecule has 2 fully saturated rings. The molecule has 2 heterocycles. The summed E-state index contributed by atoms with van der Waals surface area (Å²) in [7, 11) is 0. The van der Waals surface area contributed by atoms with E-state index in [1.165, 1.54) is 41.0 Å². The molecule has 0 bridgehead atoms. The van der Waals surface area contributed by atoms with Gasteiger partial charge in [0.2, 0.25) is 23.9 Å². The Kier molecular flexibility index (Phi) is 5.89. The predicted octanol–water partition coefficient (Wildman–Crippen LogP) is 0.995. The largest absolute Gasteiger partial charge is 0.458 e. The molecular weight excluding hydrogens is 417 g/mol. The van der Waals surface area contributed by atoms with Gasteiger partial charge in [-0.1, -0.05) is 42.5 Å². The Labute approximate surface area is 183 Å². The van der Waals surface area contributed by atoms with Crippen LogP contribution in [0.4, 0.5) is 4.39 Å². The molecule has 0 spiro atoms. The topological polar surface area (TPSA) is 96.0 Å². The van der Waals surface area contributed by atoms with E-state index in [4.69, 9.17) is 4.74 Å². The number of benzene rings is 2. The highest BCUT2D eigenvalue weighted by atomic mass is 19.1. The number of carbonyl (C=O) groups excluding carboxylic acids is 4. The summed E-state index contributed by atoms with van der Waals surface area (Å²) in [6, 6.07) is 13.2. The van der Waals surface area contributed by atoms with Gasteiger partial charge in [0.25, 0.3) is 0 Å². The van der Waals surface area contributed by atoms with E-state index in [1.54, 1.807) is 12.1 Å². The molecule has 0 aliphatic carbocycles. The Hall–Kier alpha value is -3.75. The molecule has 0 radical (unpaired) electrons. The first-order chi connectivity index (χ1) is 15.3. The van der Waals surface area contributed by atoms with Crippen LogP contribution in [0.2, 0.25) is 0 Å². The Morgan fingerprint density at radius 1 is 1.06 bits per heavy atom. The molecule has 0 aromatic heterocycles. The maximum absolute atomic E-state index is 13.0. The molecule has 166 valence electrons. The lowest BCUT2D eigenvalue weighted by atomic mass is 9.96. The lowest BCUT2D eigenvalue weighted by molar-refractivity contribution is -0.170. The second kappa shape index (κ2) is 8.78. The van der Waals surface area contributed by atoms with Gasteiger partial charge in [0, 0.05) is 13.5 Å². The van der Waals surface area contributed by atoms with Gasteiger partial charge in [0.1, 0.15) is 18.5 Å². The van der Waals surface area contributed by atoms with Crippen LogP contribution in [0.5, 0.6) is 0 Å². The monoisotopic (exact) mass is 439 g/mol. The lowest BCUT2D eigenvalue weighted by Crippen LogP contribution is -2.71. The van der Waals surface area contributed by atoms with Crippen molar-refractivity contribution in [1.82, 2.24) is 15.1 Å². The molecule has 2 aromatic rings. The van der Waals surface area contributed by atoms with Crippen molar-refractivity contribution in [2.75, 3.05) is 6.54 Å². The molecular formula is C23H22FN3O5. The van der Waals surface area contributed by atoms with E-state index in [-0.39, 0.29) is 25.5 Å². The van der Waals surface area contributed by atoms with Gasteiger partial charge in [-0.2, -0.15) is 0 Å². The number of β-lactam (4-membered cyclic amide) rings is 1. The van der Waals surface area contributed by atoms with Gasteiger partial charge in [-0.25, -0.2) is 9.18 Å². The van der Waals surface area contributed by atoms with E-state index in [2.05, 4.69) is 5.32 Å². The number of hydrogen-bond donors (Lipinski definition) is 1. The third kappa shape index (κ3) is 4.18. The molecule has 4 rings (SSSR count). The van der Waals surface area contributed by atoms with Crippen LogP contribution in [0, 0.1) is 5.82 Å². The molecule has 2 aromatic carbocycles. The Balaban J connectivity index is 1.40. The van der Waals surface area contributed by atoms with Gasteiger partial charge in [-0.3, -0.25) is 14.4 Å². The van der Waals surface area contributed by atoms with Crippen LogP contribution in [0.25, 0.3) is 0 Å². The van der Waals surface area contributed by atoms with Crippen molar-refractivity contribution in [3.8, 4) is 0 Å². The van der Waals surface area contributed by atoms with Crippen LogP contribution in [-0.4, -0.2) is 58.3 Å². The van der Waals surface area contributed by atoms with Gasteiger partial charge >= 0.3 is 5.97 Å². The lowest BCUT2D eigenvalue weighted by Gasteiger charge is -2.43. The highest BCUT2D eigenvalue weighted by Crippen LogP contribution is 2.33. The van der Waals surface area contributed by atoms with E-state index in [0.717, 1.165) is 5.56 Å². The molecule has 3 atom stereocenters. The number of carbonyl (C=O) groups is 4. The van der Waals surface area contributed by atoms with E-state index >= 15 is 0 Å². The van der Waals surface area contributed by atoms with Gasteiger partial charge in [0.15, 0.2) is 0 Å². The van der Waals surface area contributed by atoms with Crippen LogP contribution in [0.1, 0.15) is 18.1 Å². The fourth-order valence-corrected chi connectivity index (χ4v) is 4.03. The Bertz CT molecular complexity index is 1040. The second-order valence-corrected chi connectivity index (χ2v) is 7.80. The van der Waals surface area contributed by atoms with Gasteiger partial charge in [-0.15, -0.1) is 0 Å². The molecule has 0 saturated carbocycles. The maximum atomic E-state index is 13.0. The van der Waals surface area contributed by atoms with E-state index in [0.29, 0.717) is 5.56 Å². The van der Waals surface area contributed by atoms with E-state index in [9.17, 15) is 23.6 Å². The molecule has 2 aliphatic rings. The minimum atomic E-state index is -1.15. The molecule has 2 saturated heterocycles. The first-order valence-electron chi connectivity index (χ1n) is 10.2. The van der Waals surface area contributed by atoms with Crippen LogP contribution in [0.15, 0.2) is 54.6 Å². The van der Waals surface area contributed by atoms with Crippen LogP contribution in [0.3, 0.4) is 0 Å². The number of halogens is 1. The molecule has 9 heteroatoms. The number of nitrogens with one attached hydrogen (secondary N) is 1. The zero-order valence-corrected chi connectivity index (χ0v) is 17.4. The van der Waals surface area contributed by atoms with Crippen molar-refractivity contribution in [3.05, 3.63) is 71.5 Å². The van der Waals surface area contributed by atoms with E-state index < -0.39 is 41.9 Å².